The highest BCUT2D eigenvalue weighted by Gasteiger charge is 2.33. The summed E-state index contributed by atoms with van der Waals surface area (Å²) in [4.78, 5) is 0. The van der Waals surface area contributed by atoms with E-state index in [2.05, 4.69) is 44.3 Å². The molecule has 0 saturated carbocycles. The zero-order chi connectivity index (χ0) is 15.5. The fraction of sp³-hybridized carbons (Fsp3) is 0.647. The van der Waals surface area contributed by atoms with E-state index in [0.29, 0.717) is 23.3 Å². The largest absolute Gasteiger partial charge is 0.317 e. The van der Waals surface area contributed by atoms with Crippen LogP contribution in [0, 0.1) is 25.7 Å². The summed E-state index contributed by atoms with van der Waals surface area (Å²) in [7, 11) is -2.80. The van der Waals surface area contributed by atoms with Crippen molar-refractivity contribution in [3.05, 3.63) is 34.9 Å². The molecule has 1 heterocycles. The monoisotopic (exact) mass is 309 g/mol. The summed E-state index contributed by atoms with van der Waals surface area (Å²) in [6.07, 6.45) is 1.79. The number of aryl methyl sites for hydroxylation is 2. The van der Waals surface area contributed by atoms with Gasteiger partial charge in [0.2, 0.25) is 0 Å². The van der Waals surface area contributed by atoms with E-state index < -0.39 is 9.84 Å². The first-order valence-electron chi connectivity index (χ1n) is 7.88. The van der Waals surface area contributed by atoms with E-state index in [-0.39, 0.29) is 0 Å². The van der Waals surface area contributed by atoms with E-state index in [0.717, 1.165) is 25.9 Å². The number of sulfone groups is 1. The van der Waals surface area contributed by atoms with Gasteiger partial charge in [0, 0.05) is 0 Å². The average Bonchev–Trinajstić information content (AvgIpc) is 2.73. The van der Waals surface area contributed by atoms with E-state index in [1.807, 2.05) is 0 Å². The van der Waals surface area contributed by atoms with Crippen LogP contribution in [0.4, 0.5) is 0 Å². The summed E-state index contributed by atoms with van der Waals surface area (Å²) >= 11 is 0. The topological polar surface area (TPSA) is 46.2 Å². The van der Waals surface area contributed by atoms with Crippen LogP contribution >= 0.6 is 0 Å². The molecule has 3 nitrogen and oxygen atoms in total. The summed E-state index contributed by atoms with van der Waals surface area (Å²) in [6.45, 7) is 8.18. The summed E-state index contributed by atoms with van der Waals surface area (Å²) in [5, 5.41) is 3.41. The minimum atomic E-state index is -2.80. The number of rotatable bonds is 6. The van der Waals surface area contributed by atoms with Crippen LogP contribution in [0.1, 0.15) is 30.0 Å². The highest BCUT2D eigenvalue weighted by molar-refractivity contribution is 7.91. The summed E-state index contributed by atoms with van der Waals surface area (Å²) in [5.41, 5.74) is 3.90. The molecule has 118 valence electrons. The fourth-order valence-corrected chi connectivity index (χ4v) is 5.34. The molecule has 0 aliphatic carbocycles. The third-order valence-corrected chi connectivity index (χ3v) is 6.16. The van der Waals surface area contributed by atoms with Crippen LogP contribution in [0.3, 0.4) is 0 Å². The number of hydrogen-bond acceptors (Lipinski definition) is 3. The van der Waals surface area contributed by atoms with Crippen LogP contribution in [0.15, 0.2) is 18.2 Å². The molecule has 0 radical (unpaired) electrons. The lowest BCUT2D eigenvalue weighted by Crippen LogP contribution is -2.30. The number of nitrogens with one attached hydrogen (secondary N) is 1. The molecule has 1 aliphatic rings. The molecule has 4 heteroatoms. The maximum atomic E-state index is 11.8. The Morgan fingerprint density at radius 3 is 2.43 bits per heavy atom. The Bertz CT molecular complexity index is 560. The van der Waals surface area contributed by atoms with Gasteiger partial charge < -0.3 is 5.32 Å². The third-order valence-electron chi connectivity index (χ3n) is 4.37. The highest BCUT2D eigenvalue weighted by Crippen LogP contribution is 2.28. The van der Waals surface area contributed by atoms with Crippen LogP contribution in [0.2, 0.25) is 0 Å². The SMILES string of the molecule is CCNCC(Cc1cc(C)cc(C)c1)C1CCS(=O)(=O)C1. The predicted octanol–water partition coefficient (Wildman–Crippen LogP) is 2.51. The van der Waals surface area contributed by atoms with Gasteiger partial charge in [-0.15, -0.1) is 0 Å². The molecule has 2 rings (SSSR count). The van der Waals surface area contributed by atoms with E-state index in [1.54, 1.807) is 0 Å². The van der Waals surface area contributed by atoms with Crippen molar-refractivity contribution in [1.29, 1.82) is 0 Å². The van der Waals surface area contributed by atoms with Crippen LogP contribution in [0.25, 0.3) is 0 Å². The highest BCUT2D eigenvalue weighted by atomic mass is 32.2. The van der Waals surface area contributed by atoms with Gasteiger partial charge in [0.25, 0.3) is 0 Å². The van der Waals surface area contributed by atoms with Crippen LogP contribution in [-0.2, 0) is 16.3 Å². The van der Waals surface area contributed by atoms with E-state index in [4.69, 9.17) is 0 Å². The lowest BCUT2D eigenvalue weighted by molar-refractivity contribution is 0.346. The molecule has 1 saturated heterocycles. The molecule has 1 aromatic rings. The fourth-order valence-electron chi connectivity index (χ4n) is 3.42. The standard InChI is InChI=1S/C17H27NO2S/c1-4-18-11-17(16-5-6-21(19,20)12-16)10-15-8-13(2)7-14(3)9-15/h7-9,16-18H,4-6,10-12H2,1-3H3. The van der Waals surface area contributed by atoms with Crippen molar-refractivity contribution in [3.8, 4) is 0 Å². The van der Waals surface area contributed by atoms with Gasteiger partial charge >= 0.3 is 0 Å². The normalized spacial score (nSPS) is 22.3. The molecule has 1 fully saturated rings. The van der Waals surface area contributed by atoms with Crippen LogP contribution in [-0.4, -0.2) is 33.0 Å². The van der Waals surface area contributed by atoms with Crippen molar-refractivity contribution in [1.82, 2.24) is 5.32 Å². The first kappa shape index (κ1) is 16.5. The lowest BCUT2D eigenvalue weighted by Gasteiger charge is -2.23. The second-order valence-corrected chi connectivity index (χ2v) is 8.66. The second-order valence-electron chi connectivity index (χ2n) is 6.43. The maximum Gasteiger partial charge on any atom is 0.150 e. The van der Waals surface area contributed by atoms with E-state index in [1.165, 1.54) is 16.7 Å². The predicted molar refractivity (Wildman–Crippen MR) is 88.4 cm³/mol. The van der Waals surface area contributed by atoms with Gasteiger partial charge in [-0.1, -0.05) is 36.2 Å². The molecule has 0 spiro atoms. The molecule has 2 unspecified atom stereocenters. The van der Waals surface area contributed by atoms with Crippen molar-refractivity contribution in [2.75, 3.05) is 24.6 Å². The molecule has 2 atom stereocenters. The summed E-state index contributed by atoms with van der Waals surface area (Å²) < 4.78 is 23.5. The number of hydrogen-bond donors (Lipinski definition) is 1. The van der Waals surface area contributed by atoms with Gasteiger partial charge in [0.05, 0.1) is 11.5 Å². The number of benzene rings is 1. The molecule has 0 bridgehead atoms. The Morgan fingerprint density at radius 1 is 1.24 bits per heavy atom. The zero-order valence-electron chi connectivity index (χ0n) is 13.4. The molecule has 1 aromatic carbocycles. The Hall–Kier alpha value is -0.870. The first-order valence-corrected chi connectivity index (χ1v) is 9.70. The average molecular weight is 309 g/mol. The van der Waals surface area contributed by atoms with Gasteiger partial charge in [-0.05, 0) is 57.2 Å². The van der Waals surface area contributed by atoms with Crippen LogP contribution in [0.5, 0.6) is 0 Å². The minimum Gasteiger partial charge on any atom is -0.317 e. The van der Waals surface area contributed by atoms with E-state index >= 15 is 0 Å². The van der Waals surface area contributed by atoms with Gasteiger partial charge in [0.1, 0.15) is 0 Å². The maximum absolute atomic E-state index is 11.8. The molecule has 21 heavy (non-hydrogen) atoms. The molecule has 1 aliphatic heterocycles. The Labute approximate surface area is 129 Å². The molecule has 0 amide bonds. The van der Waals surface area contributed by atoms with Crippen molar-refractivity contribution in [2.45, 2.75) is 33.6 Å². The first-order chi connectivity index (χ1) is 9.89. The van der Waals surface area contributed by atoms with Gasteiger partial charge in [-0.2, -0.15) is 0 Å². The molecule has 1 N–H and O–H groups in total. The molecule has 0 aromatic heterocycles. The van der Waals surface area contributed by atoms with Gasteiger partial charge in [-0.3, -0.25) is 0 Å². The van der Waals surface area contributed by atoms with Gasteiger partial charge in [0.15, 0.2) is 9.84 Å². The quantitative estimate of drug-likeness (QED) is 0.878. The summed E-state index contributed by atoms with van der Waals surface area (Å²) in [5.74, 6) is 1.44. The summed E-state index contributed by atoms with van der Waals surface area (Å²) in [6, 6.07) is 6.65. The third kappa shape index (κ3) is 4.82. The zero-order valence-corrected chi connectivity index (χ0v) is 14.2. The van der Waals surface area contributed by atoms with Gasteiger partial charge in [-0.25, -0.2) is 8.42 Å². The molecular weight excluding hydrogens is 282 g/mol. The Kier molecular flexibility index (Phi) is 5.44. The van der Waals surface area contributed by atoms with Crippen molar-refractivity contribution in [2.24, 2.45) is 11.8 Å². The van der Waals surface area contributed by atoms with E-state index in [9.17, 15) is 8.42 Å². The minimum absolute atomic E-state index is 0.301. The Morgan fingerprint density at radius 2 is 1.90 bits per heavy atom. The van der Waals surface area contributed by atoms with Crippen LogP contribution < -0.4 is 5.32 Å². The van der Waals surface area contributed by atoms with Crippen molar-refractivity contribution in [3.63, 3.8) is 0 Å². The lowest BCUT2D eigenvalue weighted by atomic mass is 9.85. The van der Waals surface area contributed by atoms with Crippen molar-refractivity contribution >= 4 is 9.84 Å². The smallest absolute Gasteiger partial charge is 0.150 e. The second kappa shape index (κ2) is 6.93. The van der Waals surface area contributed by atoms with Crippen molar-refractivity contribution < 1.29 is 8.42 Å². The molecular formula is C17H27NO2S. The Balaban J connectivity index is 2.12.